The van der Waals surface area contributed by atoms with E-state index in [2.05, 4.69) is 19.2 Å². The van der Waals surface area contributed by atoms with Gasteiger partial charge in [-0.1, -0.05) is 44.2 Å². The lowest BCUT2D eigenvalue weighted by Crippen LogP contribution is -2.43. The molecular formula is C24H30N2O2. The van der Waals surface area contributed by atoms with Gasteiger partial charge < -0.3 is 10.2 Å². The molecule has 1 atom stereocenters. The molecule has 0 bridgehead atoms. The van der Waals surface area contributed by atoms with Gasteiger partial charge in [0.25, 0.3) is 5.91 Å². The fraction of sp³-hybridized carbons (Fsp3) is 0.500. The Morgan fingerprint density at radius 1 is 1.07 bits per heavy atom. The van der Waals surface area contributed by atoms with E-state index in [1.165, 1.54) is 6.42 Å². The van der Waals surface area contributed by atoms with Gasteiger partial charge in [-0.25, -0.2) is 0 Å². The predicted octanol–water partition coefficient (Wildman–Crippen LogP) is 4.30. The van der Waals surface area contributed by atoms with Gasteiger partial charge in [0.1, 0.15) is 0 Å². The van der Waals surface area contributed by atoms with Crippen molar-refractivity contribution in [2.24, 2.45) is 5.41 Å². The molecule has 1 aliphatic carbocycles. The van der Waals surface area contributed by atoms with Crippen LogP contribution in [0.5, 0.6) is 0 Å². The second kappa shape index (κ2) is 7.23. The molecule has 1 aromatic carbocycles. The van der Waals surface area contributed by atoms with Crippen LogP contribution in [0.4, 0.5) is 0 Å². The van der Waals surface area contributed by atoms with E-state index >= 15 is 0 Å². The number of nitrogens with zero attached hydrogens (tertiary/aromatic N) is 1. The summed E-state index contributed by atoms with van der Waals surface area (Å²) in [4.78, 5) is 28.8. The van der Waals surface area contributed by atoms with Gasteiger partial charge in [-0.15, -0.1) is 0 Å². The molecule has 1 aromatic rings. The number of dihydropyridines is 1. The zero-order chi connectivity index (χ0) is 19.9. The highest BCUT2D eigenvalue weighted by Crippen LogP contribution is 2.46. The monoisotopic (exact) mass is 378 g/mol. The summed E-state index contributed by atoms with van der Waals surface area (Å²) in [5, 5.41) is 3.47. The van der Waals surface area contributed by atoms with Crippen molar-refractivity contribution < 1.29 is 9.59 Å². The van der Waals surface area contributed by atoms with Crippen LogP contribution in [0.3, 0.4) is 0 Å². The van der Waals surface area contributed by atoms with Crippen molar-refractivity contribution in [2.45, 2.75) is 58.8 Å². The van der Waals surface area contributed by atoms with Crippen LogP contribution in [0, 0.1) is 5.41 Å². The Morgan fingerprint density at radius 2 is 1.75 bits per heavy atom. The number of hydrogen-bond donors (Lipinski definition) is 1. The summed E-state index contributed by atoms with van der Waals surface area (Å²) in [6.07, 6.45) is 4.66. The van der Waals surface area contributed by atoms with Crippen LogP contribution in [0.25, 0.3) is 0 Å². The van der Waals surface area contributed by atoms with Crippen molar-refractivity contribution in [1.29, 1.82) is 0 Å². The van der Waals surface area contributed by atoms with Crippen LogP contribution in [-0.2, 0) is 9.59 Å². The molecule has 4 nitrogen and oxygen atoms in total. The van der Waals surface area contributed by atoms with Gasteiger partial charge in [-0.05, 0) is 43.6 Å². The Labute approximate surface area is 167 Å². The average molecular weight is 379 g/mol. The van der Waals surface area contributed by atoms with Crippen LogP contribution in [0.15, 0.2) is 52.9 Å². The zero-order valence-electron chi connectivity index (χ0n) is 17.2. The van der Waals surface area contributed by atoms with E-state index in [1.807, 2.05) is 42.2 Å². The number of Topliss-reactive ketones (excluding diaryl/α,β-unsaturated/α-hetero) is 1. The number of amides is 1. The summed E-state index contributed by atoms with van der Waals surface area (Å²) < 4.78 is 0. The highest BCUT2D eigenvalue weighted by atomic mass is 16.2. The van der Waals surface area contributed by atoms with Crippen molar-refractivity contribution >= 4 is 11.7 Å². The minimum absolute atomic E-state index is 0.0567. The van der Waals surface area contributed by atoms with Crippen molar-refractivity contribution in [2.75, 3.05) is 13.1 Å². The SMILES string of the molecule is CC1=C(C(=O)N2CCCCC2)[C@H](c2ccccc2)C2=C(CC(C)(C)CC2=O)N1. The lowest BCUT2D eigenvalue weighted by Gasteiger charge is -2.41. The molecule has 0 unspecified atom stereocenters. The smallest absolute Gasteiger partial charge is 0.252 e. The Morgan fingerprint density at radius 3 is 2.43 bits per heavy atom. The number of nitrogens with one attached hydrogen (secondary N) is 1. The van der Waals surface area contributed by atoms with E-state index in [0.717, 1.165) is 60.5 Å². The van der Waals surface area contributed by atoms with Crippen molar-refractivity contribution in [3.63, 3.8) is 0 Å². The number of carbonyl (C=O) groups is 2. The summed E-state index contributed by atoms with van der Waals surface area (Å²) in [6.45, 7) is 7.89. The van der Waals surface area contributed by atoms with E-state index < -0.39 is 0 Å². The zero-order valence-corrected chi connectivity index (χ0v) is 17.2. The third-order valence-corrected chi connectivity index (χ3v) is 6.25. The highest BCUT2D eigenvalue weighted by Gasteiger charge is 2.43. The predicted molar refractivity (Wildman–Crippen MR) is 110 cm³/mol. The Balaban J connectivity index is 1.81. The van der Waals surface area contributed by atoms with Crippen LogP contribution in [-0.4, -0.2) is 29.7 Å². The van der Waals surface area contributed by atoms with Crippen molar-refractivity contribution in [3.05, 3.63) is 58.4 Å². The summed E-state index contributed by atoms with van der Waals surface area (Å²) in [5.41, 5.74) is 4.43. The third kappa shape index (κ3) is 3.41. The molecule has 1 N–H and O–H groups in total. The van der Waals surface area contributed by atoms with Gasteiger partial charge in [0.05, 0.1) is 0 Å². The van der Waals surface area contributed by atoms with Gasteiger partial charge in [-0.2, -0.15) is 0 Å². The fourth-order valence-corrected chi connectivity index (χ4v) is 4.97. The number of hydrogen-bond acceptors (Lipinski definition) is 3. The number of ketones is 1. The second-order valence-electron chi connectivity index (χ2n) is 9.19. The van der Waals surface area contributed by atoms with Crippen LogP contribution in [0.2, 0.25) is 0 Å². The Hall–Kier alpha value is -2.36. The number of carbonyl (C=O) groups excluding carboxylic acids is 2. The number of rotatable bonds is 2. The average Bonchev–Trinajstić information content (AvgIpc) is 2.67. The maximum atomic E-state index is 13.5. The van der Waals surface area contributed by atoms with Gasteiger partial charge in [0.2, 0.25) is 0 Å². The maximum absolute atomic E-state index is 13.5. The summed E-state index contributed by atoms with van der Waals surface area (Å²) in [6, 6.07) is 10.1. The molecule has 1 amide bonds. The second-order valence-corrected chi connectivity index (χ2v) is 9.19. The van der Waals surface area contributed by atoms with Crippen LogP contribution < -0.4 is 5.32 Å². The largest absolute Gasteiger partial charge is 0.362 e. The maximum Gasteiger partial charge on any atom is 0.252 e. The molecule has 0 saturated carbocycles. The van der Waals surface area contributed by atoms with Crippen molar-refractivity contribution in [1.82, 2.24) is 10.2 Å². The number of benzene rings is 1. The molecule has 2 aliphatic heterocycles. The van der Waals surface area contributed by atoms with Crippen LogP contribution in [0.1, 0.15) is 64.4 Å². The van der Waals surface area contributed by atoms with E-state index in [0.29, 0.717) is 6.42 Å². The van der Waals surface area contributed by atoms with E-state index in [-0.39, 0.29) is 23.0 Å². The minimum atomic E-state index is -0.268. The lowest BCUT2D eigenvalue weighted by molar-refractivity contribution is -0.128. The first-order valence-electron chi connectivity index (χ1n) is 10.5. The molecule has 1 saturated heterocycles. The van der Waals surface area contributed by atoms with E-state index in [9.17, 15) is 9.59 Å². The molecule has 0 aromatic heterocycles. The first-order chi connectivity index (χ1) is 13.4. The van der Waals surface area contributed by atoms with Crippen molar-refractivity contribution in [3.8, 4) is 0 Å². The Bertz CT molecular complexity index is 858. The van der Waals surface area contributed by atoms with E-state index in [4.69, 9.17) is 0 Å². The molecule has 0 spiro atoms. The molecule has 4 heteroatoms. The molecule has 0 radical (unpaired) electrons. The van der Waals surface area contributed by atoms with Gasteiger partial charge >= 0.3 is 0 Å². The number of allylic oxidation sites excluding steroid dienone is 3. The molecule has 2 heterocycles. The molecule has 1 fully saturated rings. The van der Waals surface area contributed by atoms with Gasteiger partial charge in [-0.3, -0.25) is 9.59 Å². The normalized spacial score (nSPS) is 24.8. The first-order valence-corrected chi connectivity index (χ1v) is 10.5. The Kier molecular flexibility index (Phi) is 4.90. The topological polar surface area (TPSA) is 49.4 Å². The fourth-order valence-electron chi connectivity index (χ4n) is 4.97. The quantitative estimate of drug-likeness (QED) is 0.835. The highest BCUT2D eigenvalue weighted by molar-refractivity contribution is 6.05. The summed E-state index contributed by atoms with van der Waals surface area (Å²) >= 11 is 0. The number of likely N-dealkylation sites (tertiary alicyclic amines) is 1. The van der Waals surface area contributed by atoms with Gasteiger partial charge in [0, 0.05) is 48.0 Å². The van der Waals surface area contributed by atoms with E-state index in [1.54, 1.807) is 0 Å². The minimum Gasteiger partial charge on any atom is -0.362 e. The summed E-state index contributed by atoms with van der Waals surface area (Å²) in [5.74, 6) is -0.0118. The molecule has 148 valence electrons. The molecule has 4 rings (SSSR count). The summed E-state index contributed by atoms with van der Waals surface area (Å²) in [7, 11) is 0. The molecular weight excluding hydrogens is 348 g/mol. The third-order valence-electron chi connectivity index (χ3n) is 6.25. The van der Waals surface area contributed by atoms with Crippen LogP contribution >= 0.6 is 0 Å². The number of piperidine rings is 1. The standard InChI is InChI=1S/C24H30N2O2/c1-16-20(23(28)26-12-8-5-9-13-26)21(17-10-6-4-7-11-17)22-18(25-16)14-24(2,3)15-19(22)27/h4,6-7,10-11,21,25H,5,8-9,12-15H2,1-3H3/t21-/m0/s1. The first kappa shape index (κ1) is 19.0. The van der Waals surface area contributed by atoms with Gasteiger partial charge in [0.15, 0.2) is 5.78 Å². The lowest BCUT2D eigenvalue weighted by atomic mass is 9.68. The molecule has 28 heavy (non-hydrogen) atoms. The molecule has 3 aliphatic rings.